The fraction of sp³-hybridized carbons (Fsp3) is 0.154. The van der Waals surface area contributed by atoms with Crippen molar-refractivity contribution in [3.63, 3.8) is 0 Å². The van der Waals surface area contributed by atoms with E-state index in [4.69, 9.17) is 4.74 Å². The zero-order valence-electron chi connectivity index (χ0n) is 8.85. The number of hydrogen-bond acceptors (Lipinski definition) is 2. The summed E-state index contributed by atoms with van der Waals surface area (Å²) in [7, 11) is 0. The third kappa shape index (κ3) is 2.73. The highest BCUT2D eigenvalue weighted by atomic mass is 16.5. The van der Waals surface area contributed by atoms with Crippen molar-refractivity contribution >= 4 is 5.97 Å². The van der Waals surface area contributed by atoms with Crippen LogP contribution in [0.5, 0.6) is 0 Å². The molecule has 3 nitrogen and oxygen atoms in total. The van der Waals surface area contributed by atoms with Gasteiger partial charge in [0, 0.05) is 12.6 Å². The van der Waals surface area contributed by atoms with E-state index in [1.54, 1.807) is 18.3 Å². The van der Waals surface area contributed by atoms with Crippen LogP contribution in [0.4, 0.5) is 0 Å². The molecule has 2 aromatic rings. The summed E-state index contributed by atoms with van der Waals surface area (Å²) >= 11 is 0. The molecule has 0 saturated carbocycles. The van der Waals surface area contributed by atoms with E-state index >= 15 is 0 Å². The van der Waals surface area contributed by atoms with Crippen molar-refractivity contribution in [2.24, 2.45) is 0 Å². The number of hydrogen-bond donors (Lipinski definition) is 1. The van der Waals surface area contributed by atoms with Crippen LogP contribution in [0.25, 0.3) is 0 Å². The van der Waals surface area contributed by atoms with Gasteiger partial charge in [-0.1, -0.05) is 30.3 Å². The molecule has 82 valence electrons. The minimum atomic E-state index is -0.305. The Morgan fingerprint density at radius 1 is 1.12 bits per heavy atom. The topological polar surface area (TPSA) is 42.1 Å². The molecule has 0 spiro atoms. The normalized spacial score (nSPS) is 10.0. The van der Waals surface area contributed by atoms with Gasteiger partial charge < -0.3 is 9.72 Å². The van der Waals surface area contributed by atoms with Gasteiger partial charge in [0.2, 0.25) is 0 Å². The van der Waals surface area contributed by atoms with E-state index in [2.05, 4.69) is 4.98 Å². The van der Waals surface area contributed by atoms with Gasteiger partial charge in [-0.2, -0.15) is 0 Å². The van der Waals surface area contributed by atoms with Crippen LogP contribution < -0.4 is 0 Å². The Kier molecular flexibility index (Phi) is 3.38. The highest BCUT2D eigenvalue weighted by molar-refractivity contribution is 5.87. The summed E-state index contributed by atoms with van der Waals surface area (Å²) in [6.45, 7) is 0.405. The van der Waals surface area contributed by atoms with Gasteiger partial charge in [0.1, 0.15) is 5.69 Å². The van der Waals surface area contributed by atoms with Crippen LogP contribution in [0, 0.1) is 0 Å². The summed E-state index contributed by atoms with van der Waals surface area (Å²) < 4.78 is 5.12. The van der Waals surface area contributed by atoms with Gasteiger partial charge in [-0.25, -0.2) is 4.79 Å². The molecule has 0 radical (unpaired) electrons. The summed E-state index contributed by atoms with van der Waals surface area (Å²) in [4.78, 5) is 14.3. The number of carbonyl (C=O) groups excluding carboxylic acids is 1. The maximum atomic E-state index is 11.4. The lowest BCUT2D eigenvalue weighted by atomic mass is 10.2. The van der Waals surface area contributed by atoms with Crippen LogP contribution in [-0.2, 0) is 11.2 Å². The van der Waals surface area contributed by atoms with E-state index < -0.39 is 0 Å². The van der Waals surface area contributed by atoms with Gasteiger partial charge in [0.25, 0.3) is 0 Å². The maximum Gasteiger partial charge on any atom is 0.354 e. The first-order valence-electron chi connectivity index (χ1n) is 5.21. The Bertz CT molecular complexity index is 434. The zero-order valence-corrected chi connectivity index (χ0v) is 8.85. The summed E-state index contributed by atoms with van der Waals surface area (Å²) in [5, 5.41) is 0. The molecular formula is C13H13NO2. The molecule has 0 bridgehead atoms. The monoisotopic (exact) mass is 215 g/mol. The maximum absolute atomic E-state index is 11.4. The minimum absolute atomic E-state index is 0.305. The van der Waals surface area contributed by atoms with Gasteiger partial charge in [-0.3, -0.25) is 0 Å². The number of esters is 1. The number of H-pyrrole nitrogens is 1. The van der Waals surface area contributed by atoms with E-state index in [9.17, 15) is 4.79 Å². The molecule has 3 heteroatoms. The number of carbonyl (C=O) groups is 1. The molecule has 0 aliphatic carbocycles. The van der Waals surface area contributed by atoms with Crippen molar-refractivity contribution < 1.29 is 9.53 Å². The summed E-state index contributed by atoms with van der Waals surface area (Å²) in [6.07, 6.45) is 2.45. The molecule has 0 atom stereocenters. The molecular weight excluding hydrogens is 202 g/mol. The molecule has 0 aliphatic rings. The number of rotatable bonds is 4. The minimum Gasteiger partial charge on any atom is -0.461 e. The Hall–Kier alpha value is -2.03. The van der Waals surface area contributed by atoms with Crippen LogP contribution in [-0.4, -0.2) is 17.6 Å². The Balaban J connectivity index is 1.79. The van der Waals surface area contributed by atoms with Crippen LogP contribution in [0.1, 0.15) is 16.1 Å². The van der Waals surface area contributed by atoms with Crippen LogP contribution >= 0.6 is 0 Å². The second-order valence-electron chi connectivity index (χ2n) is 3.46. The first kappa shape index (κ1) is 10.5. The molecule has 2 rings (SSSR count). The molecule has 1 aromatic heterocycles. The van der Waals surface area contributed by atoms with Crippen molar-refractivity contribution in [3.8, 4) is 0 Å². The summed E-state index contributed by atoms with van der Waals surface area (Å²) in [6, 6.07) is 13.4. The first-order valence-corrected chi connectivity index (χ1v) is 5.21. The zero-order chi connectivity index (χ0) is 11.2. The third-order valence-corrected chi connectivity index (χ3v) is 2.28. The van der Waals surface area contributed by atoms with Gasteiger partial charge in [-0.05, 0) is 17.7 Å². The van der Waals surface area contributed by atoms with E-state index in [0.29, 0.717) is 12.3 Å². The molecule has 0 fully saturated rings. The Morgan fingerprint density at radius 2 is 1.94 bits per heavy atom. The Labute approximate surface area is 94.1 Å². The number of nitrogens with one attached hydrogen (secondary N) is 1. The molecule has 0 aliphatic heterocycles. The Morgan fingerprint density at radius 3 is 2.62 bits per heavy atom. The quantitative estimate of drug-likeness (QED) is 0.796. The van der Waals surface area contributed by atoms with Crippen molar-refractivity contribution in [2.75, 3.05) is 6.61 Å². The number of aromatic nitrogens is 1. The van der Waals surface area contributed by atoms with Gasteiger partial charge in [0.05, 0.1) is 6.61 Å². The predicted molar refractivity (Wildman–Crippen MR) is 61.2 cm³/mol. The molecule has 16 heavy (non-hydrogen) atoms. The van der Waals surface area contributed by atoms with Crippen molar-refractivity contribution in [2.45, 2.75) is 6.42 Å². The smallest absolute Gasteiger partial charge is 0.354 e. The second-order valence-corrected chi connectivity index (χ2v) is 3.46. The lowest BCUT2D eigenvalue weighted by Crippen LogP contribution is -2.08. The van der Waals surface area contributed by atoms with E-state index in [-0.39, 0.29) is 5.97 Å². The first-order chi connectivity index (χ1) is 7.86. The van der Waals surface area contributed by atoms with Gasteiger partial charge >= 0.3 is 5.97 Å². The molecule has 0 unspecified atom stereocenters. The highest BCUT2D eigenvalue weighted by Crippen LogP contribution is 2.02. The standard InChI is InChI=1S/C13H13NO2/c15-13(12-7-4-9-14-12)16-10-8-11-5-2-1-3-6-11/h1-7,9,14H,8,10H2. The average Bonchev–Trinajstić information content (AvgIpc) is 2.84. The fourth-order valence-corrected chi connectivity index (χ4v) is 1.44. The van der Waals surface area contributed by atoms with E-state index in [0.717, 1.165) is 6.42 Å². The second kappa shape index (κ2) is 5.16. The summed E-state index contributed by atoms with van der Waals surface area (Å²) in [5.41, 5.74) is 1.66. The molecule has 0 saturated heterocycles. The van der Waals surface area contributed by atoms with Crippen molar-refractivity contribution in [1.29, 1.82) is 0 Å². The predicted octanol–water partition coefficient (Wildman–Crippen LogP) is 2.41. The van der Waals surface area contributed by atoms with Crippen LogP contribution in [0.15, 0.2) is 48.7 Å². The summed E-state index contributed by atoms with van der Waals surface area (Å²) in [5.74, 6) is -0.305. The van der Waals surface area contributed by atoms with Gasteiger partial charge in [-0.15, -0.1) is 0 Å². The van der Waals surface area contributed by atoms with Crippen molar-refractivity contribution in [1.82, 2.24) is 4.98 Å². The van der Waals surface area contributed by atoms with Gasteiger partial charge in [0.15, 0.2) is 0 Å². The molecule has 0 amide bonds. The van der Waals surface area contributed by atoms with Crippen LogP contribution in [0.2, 0.25) is 0 Å². The largest absolute Gasteiger partial charge is 0.461 e. The molecule has 1 heterocycles. The third-order valence-electron chi connectivity index (χ3n) is 2.28. The molecule has 1 N–H and O–H groups in total. The lowest BCUT2D eigenvalue weighted by Gasteiger charge is -2.03. The average molecular weight is 215 g/mol. The van der Waals surface area contributed by atoms with E-state index in [1.807, 2.05) is 30.3 Å². The molecule has 1 aromatic carbocycles. The van der Waals surface area contributed by atoms with Crippen molar-refractivity contribution in [3.05, 3.63) is 59.9 Å². The van der Waals surface area contributed by atoms with E-state index in [1.165, 1.54) is 5.56 Å². The lowest BCUT2D eigenvalue weighted by molar-refractivity contribution is 0.0503. The number of benzene rings is 1. The van der Waals surface area contributed by atoms with Crippen LogP contribution in [0.3, 0.4) is 0 Å². The highest BCUT2D eigenvalue weighted by Gasteiger charge is 2.06. The SMILES string of the molecule is O=C(OCCc1ccccc1)c1ccc[nH]1. The fourth-order valence-electron chi connectivity index (χ4n) is 1.44. The number of ether oxygens (including phenoxy) is 1. The number of aromatic amines is 1.